The van der Waals surface area contributed by atoms with E-state index in [-0.39, 0.29) is 11.8 Å². The third-order valence-corrected chi connectivity index (χ3v) is 2.41. The fourth-order valence-electron chi connectivity index (χ4n) is 1.33. The molecule has 1 aliphatic rings. The van der Waals surface area contributed by atoms with Gasteiger partial charge >= 0.3 is 0 Å². The fourth-order valence-corrected chi connectivity index (χ4v) is 1.39. The Hall–Kier alpha value is -1.07. The first-order chi connectivity index (χ1) is 6.81. The molecule has 0 aliphatic carbocycles. The number of rotatable bonds is 3. The number of hydrogen-bond donors (Lipinski definition) is 2. The topological polar surface area (TPSA) is 59.0 Å². The molecule has 5 nitrogen and oxygen atoms in total. The van der Waals surface area contributed by atoms with E-state index in [4.69, 9.17) is 11.6 Å². The summed E-state index contributed by atoms with van der Waals surface area (Å²) in [5, 5.41) is 9.98. The molecule has 6 heteroatoms. The molecule has 2 rings (SSSR count). The van der Waals surface area contributed by atoms with Crippen molar-refractivity contribution < 1.29 is 4.79 Å². The lowest BCUT2D eigenvalue weighted by Gasteiger charge is -2.28. The van der Waals surface area contributed by atoms with Crippen LogP contribution >= 0.6 is 11.6 Å². The van der Waals surface area contributed by atoms with Gasteiger partial charge in [0.2, 0.25) is 5.91 Å². The number of halogens is 1. The van der Waals surface area contributed by atoms with Gasteiger partial charge in [-0.15, -0.1) is 11.6 Å². The summed E-state index contributed by atoms with van der Waals surface area (Å²) >= 11 is 5.39. The average molecular weight is 215 g/mol. The molecule has 14 heavy (non-hydrogen) atoms. The molecule has 76 valence electrons. The zero-order valence-electron chi connectivity index (χ0n) is 7.53. The first-order valence-corrected chi connectivity index (χ1v) is 4.95. The van der Waals surface area contributed by atoms with Crippen molar-refractivity contribution in [3.63, 3.8) is 0 Å². The Bertz CT molecular complexity index is 334. The van der Waals surface area contributed by atoms with Gasteiger partial charge in [0.15, 0.2) is 0 Å². The van der Waals surface area contributed by atoms with Crippen molar-refractivity contribution in [2.45, 2.75) is 6.04 Å². The lowest BCUT2D eigenvalue weighted by molar-refractivity contribution is -0.114. The number of carbonyl (C=O) groups is 1. The van der Waals surface area contributed by atoms with E-state index in [0.717, 1.165) is 13.1 Å². The summed E-state index contributed by atoms with van der Waals surface area (Å²) in [6, 6.07) is 2.11. The molecular formula is C8H11ClN4O. The summed E-state index contributed by atoms with van der Waals surface area (Å²) < 4.78 is 1.81. The maximum absolute atomic E-state index is 11.1. The van der Waals surface area contributed by atoms with Crippen LogP contribution in [0.2, 0.25) is 0 Å². The molecule has 1 amide bonds. The SMILES string of the molecule is O=C(CCl)Nc1ccnn1C1CNC1. The van der Waals surface area contributed by atoms with E-state index in [1.54, 1.807) is 16.9 Å². The van der Waals surface area contributed by atoms with E-state index >= 15 is 0 Å². The van der Waals surface area contributed by atoms with E-state index in [1.807, 2.05) is 0 Å². The van der Waals surface area contributed by atoms with Gasteiger partial charge in [0, 0.05) is 19.2 Å². The van der Waals surface area contributed by atoms with Crippen molar-refractivity contribution >= 4 is 23.3 Å². The Labute approximate surface area is 86.4 Å². The van der Waals surface area contributed by atoms with Gasteiger partial charge in [0.1, 0.15) is 11.7 Å². The molecule has 2 N–H and O–H groups in total. The molecule has 1 aromatic rings. The second-order valence-electron chi connectivity index (χ2n) is 3.15. The van der Waals surface area contributed by atoms with Crippen molar-refractivity contribution in [3.8, 4) is 0 Å². The molecular weight excluding hydrogens is 204 g/mol. The number of amides is 1. The van der Waals surface area contributed by atoms with Crippen molar-refractivity contribution in [2.24, 2.45) is 0 Å². The highest BCUT2D eigenvalue weighted by atomic mass is 35.5. The lowest BCUT2D eigenvalue weighted by atomic mass is 10.2. The van der Waals surface area contributed by atoms with Crippen molar-refractivity contribution in [3.05, 3.63) is 12.3 Å². The predicted molar refractivity (Wildman–Crippen MR) is 53.5 cm³/mol. The molecule has 0 bridgehead atoms. The largest absolute Gasteiger partial charge is 0.312 e. The summed E-state index contributed by atoms with van der Waals surface area (Å²) in [6.45, 7) is 1.79. The lowest BCUT2D eigenvalue weighted by Crippen LogP contribution is -2.44. The molecule has 0 saturated carbocycles. The van der Waals surface area contributed by atoms with E-state index in [1.165, 1.54) is 0 Å². The minimum Gasteiger partial charge on any atom is -0.312 e. The minimum atomic E-state index is -0.208. The van der Waals surface area contributed by atoms with Gasteiger partial charge in [0.05, 0.1) is 12.2 Å². The van der Waals surface area contributed by atoms with Gasteiger partial charge in [-0.2, -0.15) is 5.10 Å². The van der Waals surface area contributed by atoms with Crippen LogP contribution in [0.25, 0.3) is 0 Å². The second-order valence-corrected chi connectivity index (χ2v) is 3.42. The summed E-state index contributed by atoms with van der Waals surface area (Å²) in [7, 11) is 0. The van der Waals surface area contributed by atoms with Crippen LogP contribution in [-0.4, -0.2) is 34.7 Å². The number of alkyl halides is 1. The van der Waals surface area contributed by atoms with E-state index < -0.39 is 0 Å². The Balaban J connectivity index is 2.08. The zero-order chi connectivity index (χ0) is 9.97. The summed E-state index contributed by atoms with van der Waals surface area (Å²) in [5.41, 5.74) is 0. The summed E-state index contributed by atoms with van der Waals surface area (Å²) in [4.78, 5) is 11.1. The van der Waals surface area contributed by atoms with Crippen molar-refractivity contribution in [1.29, 1.82) is 0 Å². The van der Waals surface area contributed by atoms with Gasteiger partial charge in [-0.05, 0) is 0 Å². The standard InChI is InChI=1S/C8H11ClN4O/c9-3-8(14)12-7-1-2-11-13(7)6-4-10-5-6/h1-2,6,10H,3-5H2,(H,12,14). The van der Waals surface area contributed by atoms with Crippen LogP contribution in [0.3, 0.4) is 0 Å². The second kappa shape index (κ2) is 3.98. The Morgan fingerprint density at radius 2 is 2.57 bits per heavy atom. The number of carbonyl (C=O) groups excluding carboxylic acids is 1. The number of aromatic nitrogens is 2. The molecule has 1 aliphatic heterocycles. The maximum atomic E-state index is 11.1. The third kappa shape index (κ3) is 1.73. The van der Waals surface area contributed by atoms with Crippen LogP contribution in [0.4, 0.5) is 5.82 Å². The molecule has 0 atom stereocenters. The Kier molecular flexibility index (Phi) is 2.69. The van der Waals surface area contributed by atoms with Crippen LogP contribution in [0.15, 0.2) is 12.3 Å². The number of anilines is 1. The Morgan fingerprint density at radius 3 is 3.14 bits per heavy atom. The van der Waals surface area contributed by atoms with E-state index in [9.17, 15) is 4.79 Å². The van der Waals surface area contributed by atoms with Gasteiger partial charge < -0.3 is 10.6 Å². The van der Waals surface area contributed by atoms with Crippen LogP contribution in [-0.2, 0) is 4.79 Å². The highest BCUT2D eigenvalue weighted by Gasteiger charge is 2.21. The van der Waals surface area contributed by atoms with E-state index in [0.29, 0.717) is 11.9 Å². The highest BCUT2D eigenvalue weighted by molar-refractivity contribution is 6.29. The molecule has 1 saturated heterocycles. The first-order valence-electron chi connectivity index (χ1n) is 4.41. The quantitative estimate of drug-likeness (QED) is 0.707. The molecule has 0 radical (unpaired) electrons. The van der Waals surface area contributed by atoms with Crippen molar-refractivity contribution in [1.82, 2.24) is 15.1 Å². The van der Waals surface area contributed by atoms with Gasteiger partial charge in [-0.1, -0.05) is 0 Å². The van der Waals surface area contributed by atoms with Crippen LogP contribution in [0.5, 0.6) is 0 Å². The number of nitrogens with zero attached hydrogens (tertiary/aromatic N) is 2. The molecule has 1 aromatic heterocycles. The smallest absolute Gasteiger partial charge is 0.240 e. The van der Waals surface area contributed by atoms with Crippen molar-refractivity contribution in [2.75, 3.05) is 24.3 Å². The van der Waals surface area contributed by atoms with E-state index in [2.05, 4.69) is 15.7 Å². The monoisotopic (exact) mass is 214 g/mol. The molecule has 1 fully saturated rings. The van der Waals surface area contributed by atoms with Gasteiger partial charge in [-0.25, -0.2) is 4.68 Å². The molecule has 0 aromatic carbocycles. The summed E-state index contributed by atoms with van der Waals surface area (Å²) in [6.07, 6.45) is 1.67. The van der Waals surface area contributed by atoms with Gasteiger partial charge in [0.25, 0.3) is 0 Å². The molecule has 2 heterocycles. The first kappa shape index (κ1) is 9.48. The summed E-state index contributed by atoms with van der Waals surface area (Å²) in [5.74, 6) is 0.469. The fraction of sp³-hybridized carbons (Fsp3) is 0.500. The molecule has 0 unspecified atom stereocenters. The number of hydrogen-bond acceptors (Lipinski definition) is 3. The van der Waals surface area contributed by atoms with Gasteiger partial charge in [-0.3, -0.25) is 4.79 Å². The predicted octanol–water partition coefficient (Wildman–Crippen LogP) is 0.205. The highest BCUT2D eigenvalue weighted by Crippen LogP contribution is 2.17. The zero-order valence-corrected chi connectivity index (χ0v) is 8.29. The third-order valence-electron chi connectivity index (χ3n) is 2.16. The van der Waals surface area contributed by atoms with Crippen LogP contribution in [0, 0.1) is 0 Å². The molecule has 0 spiro atoms. The van der Waals surface area contributed by atoms with Crippen LogP contribution in [0.1, 0.15) is 6.04 Å². The normalized spacial score (nSPS) is 16.4. The maximum Gasteiger partial charge on any atom is 0.240 e. The minimum absolute atomic E-state index is 0.0336. The Morgan fingerprint density at radius 1 is 1.79 bits per heavy atom. The average Bonchev–Trinajstić information content (AvgIpc) is 2.50. The number of nitrogens with one attached hydrogen (secondary N) is 2. The van der Waals surface area contributed by atoms with Crippen LogP contribution < -0.4 is 10.6 Å².